The minimum Gasteiger partial charge on any atom is -0.481 e. The number of hydrogen-bond acceptors (Lipinski definition) is 2. The first-order valence-corrected chi connectivity index (χ1v) is 7.54. The van der Waals surface area contributed by atoms with Crippen molar-refractivity contribution in [1.82, 2.24) is 10.2 Å². The maximum atomic E-state index is 12.3. The lowest BCUT2D eigenvalue weighted by molar-refractivity contribution is -0.138. The van der Waals surface area contributed by atoms with Crippen molar-refractivity contribution in [2.24, 2.45) is 17.3 Å². The van der Waals surface area contributed by atoms with Gasteiger partial charge in [-0.15, -0.1) is 0 Å². The van der Waals surface area contributed by atoms with Gasteiger partial charge < -0.3 is 15.3 Å². The summed E-state index contributed by atoms with van der Waals surface area (Å²) in [5.41, 5.74) is -0.260. The van der Waals surface area contributed by atoms with Crippen LogP contribution in [-0.2, 0) is 4.79 Å². The topological polar surface area (TPSA) is 69.6 Å². The number of carbonyl (C=O) groups is 2. The fourth-order valence-corrected chi connectivity index (χ4v) is 3.39. The Hall–Kier alpha value is -1.26. The van der Waals surface area contributed by atoms with Gasteiger partial charge in [0, 0.05) is 19.1 Å². The molecule has 1 aliphatic heterocycles. The maximum Gasteiger partial charge on any atom is 0.317 e. The normalized spacial score (nSPS) is 27.2. The number of aliphatic carboxylic acids is 1. The van der Waals surface area contributed by atoms with Gasteiger partial charge >= 0.3 is 12.0 Å². The summed E-state index contributed by atoms with van der Waals surface area (Å²) in [4.78, 5) is 25.2. The van der Waals surface area contributed by atoms with Crippen LogP contribution >= 0.6 is 0 Å². The van der Waals surface area contributed by atoms with Crippen LogP contribution in [0.2, 0.25) is 0 Å². The molecule has 1 saturated heterocycles. The van der Waals surface area contributed by atoms with Crippen molar-refractivity contribution in [3.8, 4) is 0 Å². The molecule has 1 aliphatic carbocycles. The molecule has 3 atom stereocenters. The fraction of sp³-hybridized carbons (Fsp3) is 0.867. The van der Waals surface area contributed by atoms with E-state index >= 15 is 0 Å². The SMILES string of the molecule is CC(C)(C)C(CC(=O)O)NC(=O)N1CC2CCCC2C1. The van der Waals surface area contributed by atoms with Gasteiger partial charge in [0.05, 0.1) is 6.42 Å². The highest BCUT2D eigenvalue weighted by atomic mass is 16.4. The highest BCUT2D eigenvalue weighted by molar-refractivity contribution is 5.76. The number of carbonyl (C=O) groups excluding carboxylic acids is 1. The van der Waals surface area contributed by atoms with E-state index in [2.05, 4.69) is 5.32 Å². The molecule has 5 nitrogen and oxygen atoms in total. The lowest BCUT2D eigenvalue weighted by Gasteiger charge is -2.32. The molecular formula is C15H26N2O3. The van der Waals surface area contributed by atoms with Gasteiger partial charge in [0.15, 0.2) is 0 Å². The van der Waals surface area contributed by atoms with E-state index in [1.165, 1.54) is 19.3 Å². The molecule has 0 aromatic rings. The van der Waals surface area contributed by atoms with E-state index in [1.54, 1.807) is 0 Å². The molecule has 0 bridgehead atoms. The molecule has 2 fully saturated rings. The number of urea groups is 1. The summed E-state index contributed by atoms with van der Waals surface area (Å²) in [6, 6.07) is -0.437. The van der Waals surface area contributed by atoms with Gasteiger partial charge in [-0.05, 0) is 30.1 Å². The van der Waals surface area contributed by atoms with E-state index in [9.17, 15) is 9.59 Å². The minimum absolute atomic E-state index is 0.0318. The Balaban J connectivity index is 1.93. The van der Waals surface area contributed by atoms with Gasteiger partial charge in [-0.2, -0.15) is 0 Å². The average molecular weight is 282 g/mol. The predicted octanol–water partition coefficient (Wildman–Crippen LogP) is 2.32. The number of fused-ring (bicyclic) bond motifs is 1. The highest BCUT2D eigenvalue weighted by Crippen LogP contribution is 2.37. The summed E-state index contributed by atoms with van der Waals surface area (Å²) in [7, 11) is 0. The van der Waals surface area contributed by atoms with E-state index < -0.39 is 5.97 Å². The number of carboxylic acid groups (broad SMARTS) is 1. The van der Waals surface area contributed by atoms with Crippen LogP contribution in [0.5, 0.6) is 0 Å². The third-order valence-corrected chi connectivity index (χ3v) is 4.74. The Morgan fingerprint density at radius 2 is 1.80 bits per heavy atom. The summed E-state index contributed by atoms with van der Waals surface area (Å²) in [6.45, 7) is 7.54. The molecule has 0 aromatic carbocycles. The lowest BCUT2D eigenvalue weighted by atomic mass is 9.85. The lowest BCUT2D eigenvalue weighted by Crippen LogP contribution is -2.50. The fourth-order valence-electron chi connectivity index (χ4n) is 3.39. The molecule has 114 valence electrons. The van der Waals surface area contributed by atoms with Crippen LogP contribution in [0.1, 0.15) is 46.5 Å². The monoisotopic (exact) mass is 282 g/mol. The van der Waals surface area contributed by atoms with E-state index in [4.69, 9.17) is 5.11 Å². The largest absolute Gasteiger partial charge is 0.481 e. The predicted molar refractivity (Wildman–Crippen MR) is 76.4 cm³/mol. The smallest absolute Gasteiger partial charge is 0.317 e. The molecule has 3 unspecified atom stereocenters. The second-order valence-electron chi connectivity index (χ2n) is 7.32. The van der Waals surface area contributed by atoms with Gasteiger partial charge in [-0.1, -0.05) is 27.2 Å². The molecule has 0 radical (unpaired) electrons. The Labute approximate surface area is 120 Å². The van der Waals surface area contributed by atoms with Gasteiger partial charge in [0.25, 0.3) is 0 Å². The first-order valence-electron chi connectivity index (χ1n) is 7.54. The van der Waals surface area contributed by atoms with Gasteiger partial charge in [-0.3, -0.25) is 4.79 Å². The highest BCUT2D eigenvalue weighted by Gasteiger charge is 2.39. The molecule has 0 aromatic heterocycles. The average Bonchev–Trinajstić information content (AvgIpc) is 2.85. The van der Waals surface area contributed by atoms with Crippen LogP contribution in [-0.4, -0.2) is 41.1 Å². The summed E-state index contributed by atoms with van der Waals surface area (Å²) >= 11 is 0. The molecule has 2 N–H and O–H groups in total. The standard InChI is InChI=1S/C15H26N2O3/c1-15(2,3)12(7-13(18)19)16-14(20)17-8-10-5-4-6-11(10)9-17/h10-12H,4-9H2,1-3H3,(H,16,20)(H,18,19). The van der Waals surface area contributed by atoms with Crippen LogP contribution in [0.3, 0.4) is 0 Å². The zero-order valence-electron chi connectivity index (χ0n) is 12.7. The molecule has 2 rings (SSSR count). The number of nitrogens with zero attached hydrogens (tertiary/aromatic N) is 1. The molecule has 20 heavy (non-hydrogen) atoms. The van der Waals surface area contributed by atoms with Crippen LogP contribution in [0.15, 0.2) is 0 Å². The number of hydrogen-bond donors (Lipinski definition) is 2. The second-order valence-corrected chi connectivity index (χ2v) is 7.32. The number of likely N-dealkylation sites (tertiary alicyclic amines) is 1. The van der Waals surface area contributed by atoms with Crippen molar-refractivity contribution in [1.29, 1.82) is 0 Å². The Kier molecular flexibility index (Phi) is 4.25. The number of carboxylic acids is 1. The summed E-state index contributed by atoms with van der Waals surface area (Å²) in [5, 5.41) is 11.9. The summed E-state index contributed by atoms with van der Waals surface area (Å²) in [5.74, 6) is 0.449. The first kappa shape index (κ1) is 15.1. The van der Waals surface area contributed by atoms with Gasteiger partial charge in [0.2, 0.25) is 0 Å². The summed E-state index contributed by atoms with van der Waals surface area (Å²) in [6.07, 6.45) is 3.71. The van der Waals surface area contributed by atoms with E-state index in [-0.39, 0.29) is 23.9 Å². The van der Waals surface area contributed by atoms with Crippen molar-refractivity contribution >= 4 is 12.0 Å². The van der Waals surface area contributed by atoms with Crippen molar-refractivity contribution in [3.05, 3.63) is 0 Å². The first-order chi connectivity index (χ1) is 9.27. The van der Waals surface area contributed by atoms with E-state index in [0.717, 1.165) is 13.1 Å². The Morgan fingerprint density at radius 3 is 2.25 bits per heavy atom. The van der Waals surface area contributed by atoms with Crippen LogP contribution in [0.4, 0.5) is 4.79 Å². The minimum atomic E-state index is -0.872. The molecule has 1 heterocycles. The van der Waals surface area contributed by atoms with E-state index in [1.807, 2.05) is 25.7 Å². The second kappa shape index (κ2) is 5.62. The van der Waals surface area contributed by atoms with Crippen LogP contribution in [0.25, 0.3) is 0 Å². The molecule has 5 heteroatoms. The third kappa shape index (κ3) is 3.44. The molecule has 2 aliphatic rings. The third-order valence-electron chi connectivity index (χ3n) is 4.74. The van der Waals surface area contributed by atoms with Gasteiger partial charge in [-0.25, -0.2) is 4.79 Å². The number of rotatable bonds is 3. The summed E-state index contributed by atoms with van der Waals surface area (Å²) < 4.78 is 0. The molecule has 1 saturated carbocycles. The Bertz CT molecular complexity index is 377. The number of amides is 2. The van der Waals surface area contributed by atoms with Crippen molar-refractivity contribution in [2.75, 3.05) is 13.1 Å². The van der Waals surface area contributed by atoms with Crippen molar-refractivity contribution < 1.29 is 14.7 Å². The zero-order valence-corrected chi connectivity index (χ0v) is 12.7. The van der Waals surface area contributed by atoms with E-state index in [0.29, 0.717) is 11.8 Å². The van der Waals surface area contributed by atoms with Crippen molar-refractivity contribution in [3.63, 3.8) is 0 Å². The Morgan fingerprint density at radius 1 is 1.25 bits per heavy atom. The molecular weight excluding hydrogens is 256 g/mol. The molecule has 0 spiro atoms. The van der Waals surface area contributed by atoms with Gasteiger partial charge in [0.1, 0.15) is 0 Å². The maximum absolute atomic E-state index is 12.3. The number of nitrogens with one attached hydrogen (secondary N) is 1. The van der Waals surface area contributed by atoms with Crippen molar-refractivity contribution in [2.45, 2.75) is 52.5 Å². The molecule has 2 amide bonds. The van der Waals surface area contributed by atoms with Crippen LogP contribution in [0, 0.1) is 17.3 Å². The van der Waals surface area contributed by atoms with Crippen LogP contribution < -0.4 is 5.32 Å². The quantitative estimate of drug-likeness (QED) is 0.834. The zero-order chi connectivity index (χ0) is 14.9.